The van der Waals surface area contributed by atoms with Crippen molar-refractivity contribution >= 4 is 34.7 Å². The summed E-state index contributed by atoms with van der Waals surface area (Å²) in [5, 5.41) is 4.20. The summed E-state index contributed by atoms with van der Waals surface area (Å²) >= 11 is 12.1. The minimum atomic E-state index is -0.515. The number of hydrogen-bond donors (Lipinski definition) is 1. The summed E-state index contributed by atoms with van der Waals surface area (Å²) in [5.74, 6) is 0.543. The van der Waals surface area contributed by atoms with Crippen LogP contribution >= 0.6 is 23.2 Å². The number of nitrogens with one attached hydrogen (secondary N) is 1. The van der Waals surface area contributed by atoms with E-state index in [2.05, 4.69) is 5.32 Å². The van der Waals surface area contributed by atoms with Crippen molar-refractivity contribution in [3.05, 3.63) is 80.6 Å². The Bertz CT molecular complexity index is 1210. The van der Waals surface area contributed by atoms with Crippen molar-refractivity contribution in [2.75, 3.05) is 18.7 Å². The van der Waals surface area contributed by atoms with Crippen LogP contribution in [0.5, 0.6) is 17.2 Å². The molecular formula is C23H16Cl2FNO4. The first-order chi connectivity index (χ1) is 15.0. The highest BCUT2D eigenvalue weighted by Crippen LogP contribution is 2.41. The zero-order valence-corrected chi connectivity index (χ0v) is 17.6. The van der Waals surface area contributed by atoms with Crippen LogP contribution in [-0.4, -0.2) is 19.1 Å². The maximum atomic E-state index is 14.8. The fourth-order valence-corrected chi connectivity index (χ4v) is 4.16. The van der Waals surface area contributed by atoms with Gasteiger partial charge in [0.2, 0.25) is 6.79 Å². The van der Waals surface area contributed by atoms with Crippen molar-refractivity contribution in [1.29, 1.82) is 0 Å². The van der Waals surface area contributed by atoms with E-state index >= 15 is 0 Å². The Morgan fingerprint density at radius 1 is 0.935 bits per heavy atom. The fourth-order valence-electron chi connectivity index (χ4n) is 3.66. The second kappa shape index (κ2) is 7.94. The quantitative estimate of drug-likeness (QED) is 0.546. The van der Waals surface area contributed by atoms with Crippen molar-refractivity contribution in [2.45, 2.75) is 13.0 Å². The zero-order chi connectivity index (χ0) is 21.5. The average molecular weight is 460 g/mol. The molecule has 5 nitrogen and oxygen atoms in total. The van der Waals surface area contributed by atoms with Gasteiger partial charge < -0.3 is 19.5 Å². The van der Waals surface area contributed by atoms with E-state index in [4.69, 9.17) is 37.4 Å². The lowest BCUT2D eigenvalue weighted by molar-refractivity contribution is 0.103. The van der Waals surface area contributed by atoms with Crippen LogP contribution in [0.15, 0.2) is 42.5 Å². The van der Waals surface area contributed by atoms with Crippen LogP contribution in [0.4, 0.5) is 10.1 Å². The number of carbonyl (C=O) groups is 1. The fraction of sp³-hybridized carbons (Fsp3) is 0.174. The molecule has 3 aromatic rings. The summed E-state index contributed by atoms with van der Waals surface area (Å²) in [6, 6.07) is 11.3. The summed E-state index contributed by atoms with van der Waals surface area (Å²) < 4.78 is 31.3. The van der Waals surface area contributed by atoms with E-state index in [9.17, 15) is 9.18 Å². The molecule has 8 heteroatoms. The molecule has 0 aliphatic carbocycles. The van der Waals surface area contributed by atoms with Gasteiger partial charge in [-0.15, -0.1) is 0 Å². The van der Waals surface area contributed by atoms with Crippen LogP contribution in [-0.2, 0) is 13.0 Å². The Balaban J connectivity index is 1.37. The van der Waals surface area contributed by atoms with Gasteiger partial charge in [-0.2, -0.15) is 0 Å². The molecule has 5 rings (SSSR count). The highest BCUT2D eigenvalue weighted by atomic mass is 35.5. The molecule has 2 aliphatic rings. The van der Waals surface area contributed by atoms with Gasteiger partial charge in [0.25, 0.3) is 0 Å². The predicted molar refractivity (Wildman–Crippen MR) is 115 cm³/mol. The highest BCUT2D eigenvalue weighted by Gasteiger charge is 2.28. The lowest BCUT2D eigenvalue weighted by Gasteiger charge is -2.12. The minimum absolute atomic E-state index is 0.0912. The predicted octanol–water partition coefficient (Wildman–Crippen LogP) is 5.64. The number of fused-ring (bicyclic) bond motifs is 3. The lowest BCUT2D eigenvalue weighted by Crippen LogP contribution is -2.10. The van der Waals surface area contributed by atoms with Crippen LogP contribution in [0.2, 0.25) is 10.0 Å². The third-order valence-corrected chi connectivity index (χ3v) is 5.85. The number of ketones is 1. The van der Waals surface area contributed by atoms with Gasteiger partial charge in [0.15, 0.2) is 17.3 Å². The Labute approximate surface area is 187 Å². The molecule has 0 radical (unpaired) electrons. The van der Waals surface area contributed by atoms with Crippen molar-refractivity contribution in [3.8, 4) is 17.2 Å². The third kappa shape index (κ3) is 3.77. The Hall–Kier alpha value is -2.96. The maximum absolute atomic E-state index is 14.8. The molecule has 0 atom stereocenters. The number of rotatable bonds is 4. The molecule has 1 N–H and O–H groups in total. The number of hydrogen-bond acceptors (Lipinski definition) is 5. The SMILES string of the molecule is O=C1c2cc(F)c(NCCc3ccc(Cl)cc3Cl)cc2COc2cc3c(cc21)OCO3. The van der Waals surface area contributed by atoms with Gasteiger partial charge in [0.05, 0.1) is 11.3 Å². The Morgan fingerprint density at radius 3 is 2.55 bits per heavy atom. The standard InChI is InChI=1S/C23H16Cl2FNO4/c24-14-2-1-12(17(25)6-14)3-4-27-19-5-13-10-29-20-9-22-21(30-11-31-22)8-16(20)23(28)15(13)7-18(19)26/h1-2,5-9,27H,3-4,10-11H2. The molecule has 2 aliphatic heterocycles. The monoisotopic (exact) mass is 459 g/mol. The average Bonchev–Trinajstić information content (AvgIpc) is 3.16. The van der Waals surface area contributed by atoms with Crippen LogP contribution in [0.25, 0.3) is 0 Å². The van der Waals surface area contributed by atoms with Crippen molar-refractivity contribution < 1.29 is 23.4 Å². The summed E-state index contributed by atoms with van der Waals surface area (Å²) in [6.45, 7) is 0.674. The summed E-state index contributed by atoms with van der Waals surface area (Å²) in [4.78, 5) is 13.1. The van der Waals surface area contributed by atoms with Gasteiger partial charge in [0.1, 0.15) is 18.2 Å². The van der Waals surface area contributed by atoms with Gasteiger partial charge in [0, 0.05) is 33.8 Å². The van der Waals surface area contributed by atoms with Gasteiger partial charge in [-0.25, -0.2) is 4.39 Å². The van der Waals surface area contributed by atoms with Gasteiger partial charge in [-0.1, -0.05) is 29.3 Å². The van der Waals surface area contributed by atoms with Crippen LogP contribution in [0.1, 0.15) is 27.0 Å². The van der Waals surface area contributed by atoms with E-state index in [1.807, 2.05) is 6.07 Å². The lowest BCUT2D eigenvalue weighted by atomic mass is 9.98. The van der Waals surface area contributed by atoms with Crippen LogP contribution < -0.4 is 19.5 Å². The molecule has 0 aromatic heterocycles. The summed E-state index contributed by atoms with van der Waals surface area (Å²) in [7, 11) is 0. The Morgan fingerprint density at radius 2 is 1.74 bits per heavy atom. The topological polar surface area (TPSA) is 56.8 Å². The summed E-state index contributed by atoms with van der Waals surface area (Å²) in [5.41, 5.74) is 2.37. The maximum Gasteiger partial charge on any atom is 0.231 e. The first kappa shape index (κ1) is 20.0. The first-order valence-electron chi connectivity index (χ1n) is 9.61. The van der Waals surface area contributed by atoms with Crippen molar-refractivity contribution in [2.24, 2.45) is 0 Å². The first-order valence-corrected chi connectivity index (χ1v) is 10.4. The smallest absolute Gasteiger partial charge is 0.231 e. The van der Waals surface area contributed by atoms with Crippen LogP contribution in [0.3, 0.4) is 0 Å². The molecule has 2 heterocycles. The van der Waals surface area contributed by atoms with Gasteiger partial charge in [-0.05, 0) is 42.3 Å². The molecule has 158 valence electrons. The molecule has 3 aromatic carbocycles. The van der Waals surface area contributed by atoms with Crippen molar-refractivity contribution in [1.82, 2.24) is 0 Å². The molecule has 0 saturated heterocycles. The zero-order valence-electron chi connectivity index (χ0n) is 16.1. The molecule has 0 fully saturated rings. The number of carbonyl (C=O) groups excluding carboxylic acids is 1. The van der Waals surface area contributed by atoms with Crippen LogP contribution in [0, 0.1) is 5.82 Å². The molecular weight excluding hydrogens is 444 g/mol. The number of halogens is 3. The second-order valence-electron chi connectivity index (χ2n) is 7.22. The minimum Gasteiger partial charge on any atom is -0.488 e. The second-order valence-corrected chi connectivity index (χ2v) is 8.06. The van der Waals surface area contributed by atoms with Gasteiger partial charge in [-0.3, -0.25) is 4.79 Å². The van der Waals surface area contributed by atoms with E-state index in [-0.39, 0.29) is 24.7 Å². The number of benzene rings is 3. The number of ether oxygens (including phenoxy) is 3. The van der Waals surface area contributed by atoms with Crippen molar-refractivity contribution in [3.63, 3.8) is 0 Å². The normalized spacial score (nSPS) is 13.8. The van der Waals surface area contributed by atoms with E-state index in [1.165, 1.54) is 6.07 Å². The molecule has 0 saturated carbocycles. The largest absolute Gasteiger partial charge is 0.488 e. The number of anilines is 1. The van der Waals surface area contributed by atoms with Gasteiger partial charge >= 0.3 is 0 Å². The Kier molecular flexibility index (Phi) is 5.12. The molecule has 0 bridgehead atoms. The van der Waals surface area contributed by atoms with E-state index < -0.39 is 5.82 Å². The van der Waals surface area contributed by atoms with E-state index in [0.717, 1.165) is 5.56 Å². The third-order valence-electron chi connectivity index (χ3n) is 5.26. The van der Waals surface area contributed by atoms with E-state index in [1.54, 1.807) is 30.3 Å². The molecule has 0 spiro atoms. The summed E-state index contributed by atoms with van der Waals surface area (Å²) in [6.07, 6.45) is 0.582. The molecule has 0 amide bonds. The molecule has 31 heavy (non-hydrogen) atoms. The van der Waals surface area contributed by atoms with E-state index in [0.29, 0.717) is 57.1 Å². The molecule has 0 unspecified atom stereocenters. The highest BCUT2D eigenvalue weighted by molar-refractivity contribution is 6.35.